The zero-order chi connectivity index (χ0) is 16.1. The Kier molecular flexibility index (Phi) is 7.93. The molecule has 8 heteroatoms. The fraction of sp³-hybridized carbons (Fsp3) is 0.600. The van der Waals surface area contributed by atoms with Gasteiger partial charge in [0.2, 0.25) is 10.0 Å². The van der Waals surface area contributed by atoms with E-state index in [0.29, 0.717) is 18.7 Å². The van der Waals surface area contributed by atoms with E-state index in [0.717, 1.165) is 19.4 Å². The molecule has 6 nitrogen and oxygen atoms in total. The Labute approximate surface area is 144 Å². The van der Waals surface area contributed by atoms with Crippen LogP contribution in [0.4, 0.5) is 0 Å². The third-order valence-electron chi connectivity index (χ3n) is 3.92. The summed E-state index contributed by atoms with van der Waals surface area (Å²) in [6.45, 7) is 1.93. The standard InChI is InChI=1S/C15H24N2O4S.ClH/c1-20-10-13-6-3-4-7-14(13)22(18,19)17-11-15(12-21-2)8-5-9-16-15;/h3-4,6-7,16-17H,5,8-12H2,1-2H3;1H. The van der Waals surface area contributed by atoms with Crippen LogP contribution in [0.5, 0.6) is 0 Å². The highest BCUT2D eigenvalue weighted by Crippen LogP contribution is 2.21. The zero-order valence-electron chi connectivity index (χ0n) is 13.5. The molecule has 1 aromatic carbocycles. The average Bonchev–Trinajstić information content (AvgIpc) is 2.96. The van der Waals surface area contributed by atoms with Crippen molar-refractivity contribution in [3.05, 3.63) is 29.8 Å². The van der Waals surface area contributed by atoms with Crippen molar-refractivity contribution in [1.82, 2.24) is 10.0 Å². The smallest absolute Gasteiger partial charge is 0.240 e. The largest absolute Gasteiger partial charge is 0.383 e. The molecule has 1 heterocycles. The molecule has 1 aromatic rings. The van der Waals surface area contributed by atoms with Crippen LogP contribution >= 0.6 is 12.4 Å². The first kappa shape index (κ1) is 20.3. The van der Waals surface area contributed by atoms with E-state index in [9.17, 15) is 8.42 Å². The molecule has 2 rings (SSSR count). The summed E-state index contributed by atoms with van der Waals surface area (Å²) in [5.41, 5.74) is 0.329. The number of sulfonamides is 1. The molecule has 2 N–H and O–H groups in total. The lowest BCUT2D eigenvalue weighted by Crippen LogP contribution is -2.52. The van der Waals surface area contributed by atoms with Crippen molar-refractivity contribution < 1.29 is 17.9 Å². The SMILES string of the molecule is COCc1ccccc1S(=O)(=O)NCC1(COC)CCCN1.Cl. The van der Waals surface area contributed by atoms with Crippen LogP contribution < -0.4 is 10.0 Å². The summed E-state index contributed by atoms with van der Waals surface area (Å²) in [5, 5.41) is 3.36. The van der Waals surface area contributed by atoms with Crippen LogP contribution in [-0.2, 0) is 26.1 Å². The number of hydrogen-bond acceptors (Lipinski definition) is 5. The van der Waals surface area contributed by atoms with Crippen LogP contribution in [0.1, 0.15) is 18.4 Å². The number of halogens is 1. The number of benzene rings is 1. The van der Waals surface area contributed by atoms with Gasteiger partial charge in [-0.2, -0.15) is 0 Å². The van der Waals surface area contributed by atoms with Gasteiger partial charge in [-0.25, -0.2) is 13.1 Å². The fourth-order valence-corrected chi connectivity index (χ4v) is 4.17. The molecule has 1 atom stereocenters. The van der Waals surface area contributed by atoms with Crippen LogP contribution in [0.2, 0.25) is 0 Å². The molecule has 23 heavy (non-hydrogen) atoms. The topological polar surface area (TPSA) is 76.7 Å². The third-order valence-corrected chi connectivity index (χ3v) is 5.42. The molecule has 0 radical (unpaired) electrons. The summed E-state index contributed by atoms with van der Waals surface area (Å²) in [6.07, 6.45) is 1.91. The minimum absolute atomic E-state index is 0. The summed E-state index contributed by atoms with van der Waals surface area (Å²) in [6, 6.07) is 6.88. The molecule has 0 aliphatic carbocycles. The van der Waals surface area contributed by atoms with Crippen molar-refractivity contribution in [3.63, 3.8) is 0 Å². The zero-order valence-corrected chi connectivity index (χ0v) is 15.1. The van der Waals surface area contributed by atoms with Gasteiger partial charge in [-0.15, -0.1) is 12.4 Å². The summed E-state index contributed by atoms with van der Waals surface area (Å²) in [5.74, 6) is 0. The molecule has 1 fully saturated rings. The Morgan fingerprint density at radius 3 is 2.61 bits per heavy atom. The molecule has 1 aliphatic heterocycles. The first-order valence-electron chi connectivity index (χ1n) is 7.33. The van der Waals surface area contributed by atoms with Crippen molar-refractivity contribution in [2.45, 2.75) is 29.9 Å². The van der Waals surface area contributed by atoms with Gasteiger partial charge in [0.1, 0.15) is 0 Å². The summed E-state index contributed by atoms with van der Waals surface area (Å²) in [4.78, 5) is 0.266. The maximum atomic E-state index is 12.6. The molecule has 0 bridgehead atoms. The molecular weight excluding hydrogens is 340 g/mol. The molecule has 0 saturated carbocycles. The Morgan fingerprint density at radius 2 is 2.00 bits per heavy atom. The average molecular weight is 365 g/mol. The van der Waals surface area contributed by atoms with Crippen LogP contribution in [0.15, 0.2) is 29.2 Å². The van der Waals surface area contributed by atoms with E-state index in [2.05, 4.69) is 10.0 Å². The number of rotatable bonds is 8. The van der Waals surface area contributed by atoms with Gasteiger partial charge in [0.05, 0.1) is 23.6 Å². The molecular formula is C15H25ClN2O4S. The Morgan fingerprint density at radius 1 is 1.26 bits per heavy atom. The molecule has 0 amide bonds. The van der Waals surface area contributed by atoms with E-state index in [1.54, 1.807) is 38.5 Å². The second kappa shape index (κ2) is 8.96. The highest BCUT2D eigenvalue weighted by molar-refractivity contribution is 7.89. The van der Waals surface area contributed by atoms with Gasteiger partial charge in [-0.3, -0.25) is 0 Å². The quantitative estimate of drug-likeness (QED) is 0.727. The molecule has 0 spiro atoms. The van der Waals surface area contributed by atoms with Crippen LogP contribution in [0.3, 0.4) is 0 Å². The van der Waals surface area contributed by atoms with Gasteiger partial charge < -0.3 is 14.8 Å². The molecule has 132 valence electrons. The van der Waals surface area contributed by atoms with Crippen molar-refractivity contribution in [3.8, 4) is 0 Å². The molecule has 1 saturated heterocycles. The van der Waals surface area contributed by atoms with Crippen molar-refractivity contribution >= 4 is 22.4 Å². The van der Waals surface area contributed by atoms with Gasteiger partial charge in [-0.05, 0) is 31.0 Å². The van der Waals surface area contributed by atoms with Crippen LogP contribution in [0.25, 0.3) is 0 Å². The lowest BCUT2D eigenvalue weighted by Gasteiger charge is -2.29. The highest BCUT2D eigenvalue weighted by atomic mass is 35.5. The molecule has 0 aromatic heterocycles. The number of ether oxygens (including phenoxy) is 2. The predicted octanol–water partition coefficient (Wildman–Crippen LogP) is 1.30. The Hall–Kier alpha value is -0.700. The first-order chi connectivity index (χ1) is 10.5. The molecule has 1 unspecified atom stereocenters. The second-order valence-corrected chi connectivity index (χ2v) is 7.34. The normalized spacial score (nSPS) is 21.1. The van der Waals surface area contributed by atoms with E-state index >= 15 is 0 Å². The monoisotopic (exact) mass is 364 g/mol. The summed E-state index contributed by atoms with van der Waals surface area (Å²) < 4.78 is 38.2. The van der Waals surface area contributed by atoms with Gasteiger partial charge in [0, 0.05) is 20.8 Å². The summed E-state index contributed by atoms with van der Waals surface area (Å²) in [7, 11) is -0.405. The van der Waals surface area contributed by atoms with Crippen LogP contribution in [-0.4, -0.2) is 47.9 Å². The minimum Gasteiger partial charge on any atom is -0.383 e. The van der Waals surface area contributed by atoms with E-state index < -0.39 is 10.0 Å². The van der Waals surface area contributed by atoms with Gasteiger partial charge in [0.25, 0.3) is 0 Å². The highest BCUT2D eigenvalue weighted by Gasteiger charge is 2.35. The molecule has 1 aliphatic rings. The van der Waals surface area contributed by atoms with Gasteiger partial charge in [-0.1, -0.05) is 18.2 Å². The predicted molar refractivity (Wildman–Crippen MR) is 91.4 cm³/mol. The Balaban J connectivity index is 0.00000264. The lowest BCUT2D eigenvalue weighted by atomic mass is 9.99. The number of nitrogens with one attached hydrogen (secondary N) is 2. The Bertz CT molecular complexity index is 589. The lowest BCUT2D eigenvalue weighted by molar-refractivity contribution is 0.122. The maximum Gasteiger partial charge on any atom is 0.240 e. The van der Waals surface area contributed by atoms with E-state index in [1.165, 1.54) is 0 Å². The van der Waals surface area contributed by atoms with Crippen molar-refractivity contribution in [2.24, 2.45) is 0 Å². The van der Waals surface area contributed by atoms with E-state index in [4.69, 9.17) is 9.47 Å². The first-order valence-corrected chi connectivity index (χ1v) is 8.82. The second-order valence-electron chi connectivity index (χ2n) is 5.61. The van der Waals surface area contributed by atoms with Gasteiger partial charge >= 0.3 is 0 Å². The van der Waals surface area contributed by atoms with Gasteiger partial charge in [0.15, 0.2) is 0 Å². The van der Waals surface area contributed by atoms with Crippen LogP contribution in [0, 0.1) is 0 Å². The number of hydrogen-bond donors (Lipinski definition) is 2. The van der Waals surface area contributed by atoms with Crippen molar-refractivity contribution in [2.75, 3.05) is 33.9 Å². The minimum atomic E-state index is -3.58. The van der Waals surface area contributed by atoms with E-state index in [-0.39, 0.29) is 29.4 Å². The fourth-order valence-electron chi connectivity index (χ4n) is 2.82. The number of methoxy groups -OCH3 is 2. The third kappa shape index (κ3) is 5.14. The van der Waals surface area contributed by atoms with E-state index in [1.807, 2.05) is 0 Å². The van der Waals surface area contributed by atoms with Crippen molar-refractivity contribution in [1.29, 1.82) is 0 Å². The summed E-state index contributed by atoms with van der Waals surface area (Å²) >= 11 is 0. The maximum absolute atomic E-state index is 12.6.